The van der Waals surface area contributed by atoms with E-state index in [1.165, 1.54) is 0 Å². The lowest BCUT2D eigenvalue weighted by atomic mass is 10.1. The average Bonchev–Trinajstić information content (AvgIpc) is 2.39. The third-order valence-corrected chi connectivity index (χ3v) is 3.26. The van der Waals surface area contributed by atoms with Gasteiger partial charge in [-0.3, -0.25) is 4.79 Å². The summed E-state index contributed by atoms with van der Waals surface area (Å²) in [5, 5.41) is 0. The van der Waals surface area contributed by atoms with Crippen LogP contribution in [0, 0.1) is 0 Å². The first kappa shape index (κ1) is 14.4. The molecule has 100 valence electrons. The highest BCUT2D eigenvalue weighted by Crippen LogP contribution is 2.23. The molecule has 0 spiro atoms. The Balaban J connectivity index is 3.05. The minimum atomic E-state index is -0.0483. The van der Waals surface area contributed by atoms with Gasteiger partial charge in [-0.2, -0.15) is 0 Å². The van der Waals surface area contributed by atoms with Gasteiger partial charge in [-0.15, -0.1) is 0 Å². The highest BCUT2D eigenvalue weighted by Gasteiger charge is 2.21. The van der Waals surface area contributed by atoms with Crippen molar-refractivity contribution in [2.75, 3.05) is 19.9 Å². The van der Waals surface area contributed by atoms with Crippen LogP contribution in [0.25, 0.3) is 0 Å². The van der Waals surface area contributed by atoms with Crippen LogP contribution in [-0.4, -0.2) is 31.0 Å². The van der Waals surface area contributed by atoms with Gasteiger partial charge in [0.1, 0.15) is 5.75 Å². The molecule has 1 amide bonds. The number of nitrogens with zero attached hydrogens (tertiary/aromatic N) is 1. The third-order valence-electron chi connectivity index (χ3n) is 3.26. The number of methoxy groups -OCH3 is 1. The van der Waals surface area contributed by atoms with E-state index in [0.717, 1.165) is 12.8 Å². The summed E-state index contributed by atoms with van der Waals surface area (Å²) in [5.74, 6) is 0.514. The van der Waals surface area contributed by atoms with Crippen LogP contribution in [-0.2, 0) is 0 Å². The van der Waals surface area contributed by atoms with Crippen molar-refractivity contribution in [3.05, 3.63) is 23.8 Å². The van der Waals surface area contributed by atoms with E-state index < -0.39 is 0 Å². The molecule has 0 unspecified atom stereocenters. The number of benzene rings is 1. The lowest BCUT2D eigenvalue weighted by Crippen LogP contribution is -2.36. The topological polar surface area (TPSA) is 55.6 Å². The molecule has 0 saturated heterocycles. The molecule has 0 fully saturated rings. The number of rotatable bonds is 5. The first-order valence-electron chi connectivity index (χ1n) is 6.25. The number of carbonyl (C=O) groups excluding carboxylic acids is 1. The molecule has 0 atom stereocenters. The molecular weight excluding hydrogens is 228 g/mol. The maximum Gasteiger partial charge on any atom is 0.257 e. The molecule has 1 rings (SSSR count). The minimum Gasteiger partial charge on any atom is -0.496 e. The Morgan fingerprint density at radius 3 is 2.50 bits per heavy atom. The molecule has 0 aliphatic heterocycles. The van der Waals surface area contributed by atoms with Crippen molar-refractivity contribution in [3.63, 3.8) is 0 Å². The van der Waals surface area contributed by atoms with Crippen LogP contribution < -0.4 is 10.5 Å². The monoisotopic (exact) mass is 250 g/mol. The molecule has 0 saturated carbocycles. The number of hydrogen-bond donors (Lipinski definition) is 1. The second-order valence-corrected chi connectivity index (χ2v) is 4.35. The van der Waals surface area contributed by atoms with Crippen LogP contribution in [0.15, 0.2) is 18.2 Å². The van der Waals surface area contributed by atoms with Crippen molar-refractivity contribution in [3.8, 4) is 5.75 Å². The van der Waals surface area contributed by atoms with Crippen LogP contribution in [0.5, 0.6) is 5.75 Å². The Hall–Kier alpha value is -1.71. The number of amides is 1. The normalized spacial score (nSPS) is 10.5. The molecule has 4 heteroatoms. The van der Waals surface area contributed by atoms with Crippen LogP contribution in [0.4, 0.5) is 5.69 Å². The lowest BCUT2D eigenvalue weighted by Gasteiger charge is -2.27. The summed E-state index contributed by atoms with van der Waals surface area (Å²) in [4.78, 5) is 14.2. The summed E-state index contributed by atoms with van der Waals surface area (Å²) < 4.78 is 5.22. The van der Waals surface area contributed by atoms with Gasteiger partial charge in [-0.25, -0.2) is 0 Å². The molecule has 0 aromatic heterocycles. The molecule has 1 aromatic carbocycles. The number of ether oxygens (including phenoxy) is 1. The molecule has 0 aliphatic rings. The Labute approximate surface area is 109 Å². The van der Waals surface area contributed by atoms with Crippen molar-refractivity contribution in [1.82, 2.24) is 4.90 Å². The molecular formula is C14H22N2O2. The number of hydrogen-bond acceptors (Lipinski definition) is 3. The number of nitrogens with two attached hydrogens (primary N) is 1. The highest BCUT2D eigenvalue weighted by atomic mass is 16.5. The summed E-state index contributed by atoms with van der Waals surface area (Å²) >= 11 is 0. The fraction of sp³-hybridized carbons (Fsp3) is 0.500. The Morgan fingerprint density at radius 1 is 1.39 bits per heavy atom. The van der Waals surface area contributed by atoms with E-state index in [2.05, 4.69) is 13.8 Å². The van der Waals surface area contributed by atoms with Crippen LogP contribution >= 0.6 is 0 Å². The zero-order chi connectivity index (χ0) is 13.7. The van der Waals surface area contributed by atoms with E-state index >= 15 is 0 Å². The quantitative estimate of drug-likeness (QED) is 0.817. The first-order valence-corrected chi connectivity index (χ1v) is 6.25. The summed E-state index contributed by atoms with van der Waals surface area (Å²) in [6, 6.07) is 5.36. The SMILES string of the molecule is CCC(CC)N(C)C(=O)c1cc(N)ccc1OC. The summed E-state index contributed by atoms with van der Waals surface area (Å²) in [6.45, 7) is 4.16. The van der Waals surface area contributed by atoms with Crippen molar-refractivity contribution in [1.29, 1.82) is 0 Å². The second-order valence-electron chi connectivity index (χ2n) is 4.35. The van der Waals surface area contributed by atoms with Gasteiger partial charge in [-0.1, -0.05) is 13.8 Å². The van der Waals surface area contributed by atoms with Gasteiger partial charge in [0.25, 0.3) is 5.91 Å². The highest BCUT2D eigenvalue weighted by molar-refractivity contribution is 5.97. The van der Waals surface area contributed by atoms with E-state index in [-0.39, 0.29) is 11.9 Å². The van der Waals surface area contributed by atoms with E-state index in [1.807, 2.05) is 7.05 Å². The predicted octanol–water partition coefficient (Wildman–Crippen LogP) is 2.54. The average molecular weight is 250 g/mol. The smallest absolute Gasteiger partial charge is 0.257 e. The first-order chi connectivity index (χ1) is 8.54. The largest absolute Gasteiger partial charge is 0.496 e. The van der Waals surface area contributed by atoms with Crippen molar-refractivity contribution < 1.29 is 9.53 Å². The standard InChI is InChI=1S/C14H22N2O2/c1-5-11(6-2)16(3)14(17)12-9-10(15)7-8-13(12)18-4/h7-9,11H,5-6,15H2,1-4H3. The van der Waals surface area contributed by atoms with Crippen molar-refractivity contribution in [2.24, 2.45) is 0 Å². The molecule has 1 aromatic rings. The number of anilines is 1. The molecule has 4 nitrogen and oxygen atoms in total. The molecule has 0 bridgehead atoms. The minimum absolute atomic E-state index is 0.0483. The van der Waals surface area contributed by atoms with Gasteiger partial charge in [0.2, 0.25) is 0 Å². The summed E-state index contributed by atoms with van der Waals surface area (Å²) in [7, 11) is 3.38. The van der Waals surface area contributed by atoms with Crippen molar-refractivity contribution in [2.45, 2.75) is 32.7 Å². The zero-order valence-corrected chi connectivity index (χ0v) is 11.6. The van der Waals surface area contributed by atoms with Crippen LogP contribution in [0.1, 0.15) is 37.0 Å². The number of nitrogen functional groups attached to an aromatic ring is 1. The predicted molar refractivity (Wildman–Crippen MR) is 73.9 cm³/mol. The lowest BCUT2D eigenvalue weighted by molar-refractivity contribution is 0.0720. The van der Waals surface area contributed by atoms with E-state index in [0.29, 0.717) is 17.0 Å². The fourth-order valence-corrected chi connectivity index (χ4v) is 2.08. The molecule has 0 radical (unpaired) electrons. The second kappa shape index (κ2) is 6.28. The van der Waals surface area contributed by atoms with Crippen LogP contribution in [0.3, 0.4) is 0 Å². The van der Waals surface area contributed by atoms with Gasteiger partial charge < -0.3 is 15.4 Å². The summed E-state index contributed by atoms with van der Waals surface area (Å²) in [6.07, 6.45) is 1.87. The van der Waals surface area contributed by atoms with E-state index in [9.17, 15) is 4.79 Å². The van der Waals surface area contributed by atoms with Gasteiger partial charge >= 0.3 is 0 Å². The Kier molecular flexibility index (Phi) is 5.01. The maximum atomic E-state index is 12.4. The Bertz CT molecular complexity index is 414. The van der Waals surface area contributed by atoms with Gasteiger partial charge in [-0.05, 0) is 31.0 Å². The molecule has 0 heterocycles. The Morgan fingerprint density at radius 2 is 2.00 bits per heavy atom. The van der Waals surface area contributed by atoms with Crippen LogP contribution in [0.2, 0.25) is 0 Å². The molecule has 2 N–H and O–H groups in total. The summed E-state index contributed by atoms with van der Waals surface area (Å²) in [5.41, 5.74) is 6.82. The maximum absolute atomic E-state index is 12.4. The molecule has 18 heavy (non-hydrogen) atoms. The van der Waals surface area contributed by atoms with Gasteiger partial charge in [0.15, 0.2) is 0 Å². The fourth-order valence-electron chi connectivity index (χ4n) is 2.08. The van der Waals surface area contributed by atoms with E-state index in [1.54, 1.807) is 30.2 Å². The zero-order valence-electron chi connectivity index (χ0n) is 11.6. The van der Waals surface area contributed by atoms with Gasteiger partial charge in [0.05, 0.1) is 12.7 Å². The van der Waals surface area contributed by atoms with E-state index in [4.69, 9.17) is 10.5 Å². The van der Waals surface area contributed by atoms with Crippen molar-refractivity contribution >= 4 is 11.6 Å². The third kappa shape index (κ3) is 2.94. The molecule has 0 aliphatic carbocycles. The van der Waals surface area contributed by atoms with Gasteiger partial charge in [0, 0.05) is 18.8 Å². The number of carbonyl (C=O) groups is 1.